The Kier molecular flexibility index (Phi) is 5.78. The average molecular weight is 366 g/mol. The highest BCUT2D eigenvalue weighted by Crippen LogP contribution is 2.31. The van der Waals surface area contributed by atoms with E-state index in [2.05, 4.69) is 5.32 Å². The predicted molar refractivity (Wildman–Crippen MR) is 101 cm³/mol. The van der Waals surface area contributed by atoms with Crippen LogP contribution in [-0.2, 0) is 6.54 Å². The Bertz CT molecular complexity index is 929. The molecule has 1 unspecified atom stereocenters. The fraction of sp³-hybridized carbons (Fsp3) is 0.143. The standard InChI is InChI=1S/C21H19FN2O3/c1-27-20-8-3-2-7-19(20)21(16-9-11-18(12-10-16)24(25)26)23-14-15-5-4-6-17(22)13-15/h2-13,21,23H,14H2,1H3. The van der Waals surface area contributed by atoms with Crippen molar-refractivity contribution in [3.8, 4) is 5.75 Å². The van der Waals surface area contributed by atoms with Gasteiger partial charge >= 0.3 is 0 Å². The topological polar surface area (TPSA) is 64.4 Å². The molecular formula is C21H19FN2O3. The van der Waals surface area contributed by atoms with Crippen LogP contribution < -0.4 is 10.1 Å². The first-order chi connectivity index (χ1) is 13.1. The largest absolute Gasteiger partial charge is 0.496 e. The number of benzene rings is 3. The molecule has 0 fully saturated rings. The Morgan fingerprint density at radius 3 is 2.48 bits per heavy atom. The lowest BCUT2D eigenvalue weighted by Crippen LogP contribution is -2.22. The zero-order valence-electron chi connectivity index (χ0n) is 14.8. The second-order valence-corrected chi connectivity index (χ2v) is 6.03. The normalized spacial score (nSPS) is 11.8. The predicted octanol–water partition coefficient (Wildman–Crippen LogP) is 4.62. The maximum Gasteiger partial charge on any atom is 0.269 e. The van der Waals surface area contributed by atoms with Gasteiger partial charge in [0.15, 0.2) is 0 Å². The van der Waals surface area contributed by atoms with Crippen molar-refractivity contribution in [1.29, 1.82) is 0 Å². The molecule has 0 radical (unpaired) electrons. The summed E-state index contributed by atoms with van der Waals surface area (Å²) in [5.74, 6) is 0.408. The van der Waals surface area contributed by atoms with E-state index in [0.717, 1.165) is 16.7 Å². The molecule has 5 nitrogen and oxygen atoms in total. The zero-order chi connectivity index (χ0) is 19.2. The van der Waals surface area contributed by atoms with E-state index >= 15 is 0 Å². The minimum atomic E-state index is -0.429. The quantitative estimate of drug-likeness (QED) is 0.489. The molecular weight excluding hydrogens is 347 g/mol. The van der Waals surface area contributed by atoms with Gasteiger partial charge in [0.2, 0.25) is 0 Å². The molecule has 1 atom stereocenters. The highest BCUT2D eigenvalue weighted by atomic mass is 19.1. The Hall–Kier alpha value is -3.25. The number of rotatable bonds is 7. The second kappa shape index (κ2) is 8.42. The molecule has 0 heterocycles. The summed E-state index contributed by atoms with van der Waals surface area (Å²) in [5.41, 5.74) is 2.58. The van der Waals surface area contributed by atoms with E-state index in [1.54, 1.807) is 25.3 Å². The van der Waals surface area contributed by atoms with E-state index in [1.165, 1.54) is 24.3 Å². The van der Waals surface area contributed by atoms with E-state index in [-0.39, 0.29) is 17.5 Å². The first-order valence-electron chi connectivity index (χ1n) is 8.43. The Morgan fingerprint density at radius 1 is 1.07 bits per heavy atom. The van der Waals surface area contributed by atoms with Gasteiger partial charge in [0, 0.05) is 24.2 Å². The van der Waals surface area contributed by atoms with Crippen molar-refractivity contribution in [3.63, 3.8) is 0 Å². The molecule has 0 aliphatic rings. The Balaban J connectivity index is 1.94. The lowest BCUT2D eigenvalue weighted by atomic mass is 9.97. The number of nitro groups is 1. The molecule has 0 saturated heterocycles. The van der Waals surface area contributed by atoms with Gasteiger partial charge in [-0.1, -0.05) is 42.5 Å². The number of hydrogen-bond donors (Lipinski definition) is 1. The summed E-state index contributed by atoms with van der Waals surface area (Å²) in [6, 6.07) is 20.1. The SMILES string of the molecule is COc1ccccc1C(NCc1cccc(F)c1)c1ccc([N+](=O)[O-])cc1. The third-order valence-corrected chi connectivity index (χ3v) is 4.29. The van der Waals surface area contributed by atoms with Crippen LogP contribution in [0.25, 0.3) is 0 Å². The van der Waals surface area contributed by atoms with Gasteiger partial charge in [-0.05, 0) is 29.3 Å². The van der Waals surface area contributed by atoms with Gasteiger partial charge in [-0.2, -0.15) is 0 Å². The van der Waals surface area contributed by atoms with Gasteiger partial charge in [-0.25, -0.2) is 4.39 Å². The number of para-hydroxylation sites is 1. The lowest BCUT2D eigenvalue weighted by molar-refractivity contribution is -0.384. The molecule has 0 amide bonds. The number of nitro benzene ring substituents is 1. The summed E-state index contributed by atoms with van der Waals surface area (Å²) in [6.45, 7) is 0.428. The minimum Gasteiger partial charge on any atom is -0.496 e. The van der Waals surface area contributed by atoms with Gasteiger partial charge in [-0.15, -0.1) is 0 Å². The fourth-order valence-electron chi connectivity index (χ4n) is 2.97. The highest BCUT2D eigenvalue weighted by Gasteiger charge is 2.19. The number of nitrogens with zero attached hydrogens (tertiary/aromatic N) is 1. The maximum atomic E-state index is 13.5. The van der Waals surface area contributed by atoms with Crippen LogP contribution in [0.15, 0.2) is 72.8 Å². The number of hydrogen-bond acceptors (Lipinski definition) is 4. The van der Waals surface area contributed by atoms with Crippen molar-refractivity contribution in [3.05, 3.63) is 105 Å². The molecule has 3 rings (SSSR count). The first kappa shape index (κ1) is 18.5. The number of nitrogens with one attached hydrogen (secondary N) is 1. The van der Waals surface area contributed by atoms with Crippen LogP contribution in [0.2, 0.25) is 0 Å². The van der Waals surface area contributed by atoms with Crippen molar-refractivity contribution in [2.45, 2.75) is 12.6 Å². The zero-order valence-corrected chi connectivity index (χ0v) is 14.8. The van der Waals surface area contributed by atoms with Gasteiger partial charge in [0.1, 0.15) is 11.6 Å². The summed E-state index contributed by atoms with van der Waals surface area (Å²) in [7, 11) is 1.60. The average Bonchev–Trinajstić information content (AvgIpc) is 2.69. The molecule has 0 saturated carbocycles. The van der Waals surface area contributed by atoms with Crippen LogP contribution in [0.1, 0.15) is 22.7 Å². The van der Waals surface area contributed by atoms with E-state index in [0.29, 0.717) is 12.3 Å². The van der Waals surface area contributed by atoms with Crippen molar-refractivity contribution in [2.24, 2.45) is 0 Å². The first-order valence-corrected chi connectivity index (χ1v) is 8.43. The number of halogens is 1. The second-order valence-electron chi connectivity index (χ2n) is 6.03. The smallest absolute Gasteiger partial charge is 0.269 e. The summed E-state index contributed by atoms with van der Waals surface area (Å²) in [5, 5.41) is 14.3. The third kappa shape index (κ3) is 4.48. The minimum absolute atomic E-state index is 0.0302. The molecule has 0 aromatic heterocycles. The molecule has 3 aromatic rings. The van der Waals surface area contributed by atoms with Gasteiger partial charge in [0.05, 0.1) is 18.1 Å². The monoisotopic (exact) mass is 366 g/mol. The van der Waals surface area contributed by atoms with Crippen LogP contribution >= 0.6 is 0 Å². The Labute approximate surface area is 156 Å². The molecule has 27 heavy (non-hydrogen) atoms. The molecule has 0 bridgehead atoms. The van der Waals surface area contributed by atoms with Gasteiger partial charge in [0.25, 0.3) is 5.69 Å². The number of ether oxygens (including phenoxy) is 1. The van der Waals surface area contributed by atoms with Crippen molar-refractivity contribution < 1.29 is 14.1 Å². The summed E-state index contributed by atoms with van der Waals surface area (Å²) >= 11 is 0. The van der Waals surface area contributed by atoms with Crippen molar-refractivity contribution in [1.82, 2.24) is 5.32 Å². The highest BCUT2D eigenvalue weighted by molar-refractivity contribution is 5.44. The number of methoxy groups -OCH3 is 1. The van der Waals surface area contributed by atoms with Crippen LogP contribution in [-0.4, -0.2) is 12.0 Å². The third-order valence-electron chi connectivity index (χ3n) is 4.29. The molecule has 0 aliphatic carbocycles. The molecule has 138 valence electrons. The van der Waals surface area contributed by atoms with Crippen molar-refractivity contribution >= 4 is 5.69 Å². The van der Waals surface area contributed by atoms with E-state index in [9.17, 15) is 14.5 Å². The van der Waals surface area contributed by atoms with E-state index in [1.807, 2.05) is 30.3 Å². The van der Waals surface area contributed by atoms with Crippen LogP contribution in [0.5, 0.6) is 5.75 Å². The molecule has 0 spiro atoms. The van der Waals surface area contributed by atoms with Crippen LogP contribution in [0.3, 0.4) is 0 Å². The fourth-order valence-corrected chi connectivity index (χ4v) is 2.97. The molecule has 0 aliphatic heterocycles. The molecule has 6 heteroatoms. The molecule has 1 N–H and O–H groups in total. The Morgan fingerprint density at radius 2 is 1.81 bits per heavy atom. The van der Waals surface area contributed by atoms with Crippen molar-refractivity contribution in [2.75, 3.05) is 7.11 Å². The van der Waals surface area contributed by atoms with E-state index in [4.69, 9.17) is 4.74 Å². The molecule has 3 aromatic carbocycles. The lowest BCUT2D eigenvalue weighted by Gasteiger charge is -2.22. The summed E-state index contributed by atoms with van der Waals surface area (Å²) in [6.07, 6.45) is 0. The van der Waals surface area contributed by atoms with Gasteiger partial charge < -0.3 is 10.1 Å². The van der Waals surface area contributed by atoms with E-state index < -0.39 is 4.92 Å². The maximum absolute atomic E-state index is 13.5. The van der Waals surface area contributed by atoms with Crippen LogP contribution in [0.4, 0.5) is 10.1 Å². The van der Waals surface area contributed by atoms with Crippen LogP contribution in [0, 0.1) is 15.9 Å². The summed E-state index contributed by atoms with van der Waals surface area (Å²) < 4.78 is 18.9. The summed E-state index contributed by atoms with van der Waals surface area (Å²) in [4.78, 5) is 10.5. The van der Waals surface area contributed by atoms with Gasteiger partial charge in [-0.3, -0.25) is 10.1 Å². The number of non-ortho nitro benzene ring substituents is 1.